The van der Waals surface area contributed by atoms with E-state index in [0.29, 0.717) is 50.3 Å². The molecular formula is C44H60N2O9S. The van der Waals surface area contributed by atoms with Crippen LogP contribution in [0.15, 0.2) is 76.8 Å². The van der Waals surface area contributed by atoms with Crippen LogP contribution in [-0.4, -0.2) is 91.4 Å². The van der Waals surface area contributed by atoms with Crippen molar-refractivity contribution in [2.45, 2.75) is 106 Å². The highest BCUT2D eigenvalue weighted by molar-refractivity contribution is 7.98. The average Bonchev–Trinajstić information content (AvgIpc) is 3.23. The SMILES string of the molecule is C=CCO[C@@]12Oc3ccc(Oc4ccc(SC)cc4)cc3[C@H]3[C@H](CCCCO)[C@@H](CCCCO)C=C(C(=NOC4CCCCO4)C[C@@H]1N(CCC)C(=O)OC)[C@H]32. The number of aliphatic hydroxyl groups excluding tert-OH is 2. The Morgan fingerprint density at radius 2 is 1.84 bits per heavy atom. The van der Waals surface area contributed by atoms with Crippen molar-refractivity contribution >= 4 is 23.6 Å². The molecule has 2 fully saturated rings. The maximum absolute atomic E-state index is 13.8. The van der Waals surface area contributed by atoms with Crippen LogP contribution in [0.2, 0.25) is 0 Å². The largest absolute Gasteiger partial charge is 0.459 e. The number of hydrogen-bond acceptors (Lipinski definition) is 11. The molecule has 1 unspecified atom stereocenters. The van der Waals surface area contributed by atoms with Crippen LogP contribution in [0.3, 0.4) is 0 Å². The van der Waals surface area contributed by atoms with E-state index in [1.807, 2.05) is 49.6 Å². The minimum atomic E-state index is -1.34. The lowest BCUT2D eigenvalue weighted by Gasteiger charge is -2.59. The Morgan fingerprint density at radius 1 is 1.07 bits per heavy atom. The van der Waals surface area contributed by atoms with Gasteiger partial charge in [-0.15, -0.1) is 18.3 Å². The Labute approximate surface area is 336 Å². The van der Waals surface area contributed by atoms with Gasteiger partial charge in [-0.2, -0.15) is 0 Å². The zero-order valence-electron chi connectivity index (χ0n) is 33.2. The van der Waals surface area contributed by atoms with Gasteiger partial charge in [-0.3, -0.25) is 4.90 Å². The summed E-state index contributed by atoms with van der Waals surface area (Å²) >= 11 is 1.68. The second kappa shape index (κ2) is 20.2. The minimum absolute atomic E-state index is 0.0970. The number of carbonyl (C=O) groups is 1. The number of allylic oxidation sites excluding steroid dienone is 1. The molecule has 0 spiro atoms. The minimum Gasteiger partial charge on any atom is -0.459 e. The molecule has 2 aromatic carbocycles. The van der Waals surface area contributed by atoms with E-state index >= 15 is 0 Å². The number of benzene rings is 2. The third kappa shape index (κ3) is 9.26. The number of unbranched alkanes of at least 4 members (excludes halogenated alkanes) is 2. The molecule has 2 heterocycles. The quantitative estimate of drug-likeness (QED) is 0.0617. The van der Waals surface area contributed by atoms with Crippen molar-refractivity contribution in [2.75, 3.05) is 46.3 Å². The molecule has 56 heavy (non-hydrogen) atoms. The van der Waals surface area contributed by atoms with Gasteiger partial charge in [0.1, 0.15) is 23.3 Å². The van der Waals surface area contributed by atoms with Crippen LogP contribution in [-0.2, 0) is 19.0 Å². The molecule has 0 bridgehead atoms. The van der Waals surface area contributed by atoms with E-state index in [0.717, 1.165) is 72.4 Å². The first kappa shape index (κ1) is 42.1. The van der Waals surface area contributed by atoms with E-state index in [9.17, 15) is 15.0 Å². The number of amides is 1. The summed E-state index contributed by atoms with van der Waals surface area (Å²) in [7, 11) is 1.40. The Kier molecular flexibility index (Phi) is 15.2. The molecular weight excluding hydrogens is 733 g/mol. The number of rotatable bonds is 19. The number of fused-ring (bicyclic) bond motifs is 2. The fourth-order valence-corrected chi connectivity index (χ4v) is 9.55. The first-order chi connectivity index (χ1) is 27.4. The fourth-order valence-electron chi connectivity index (χ4n) is 9.14. The first-order valence-corrected chi connectivity index (χ1v) is 21.7. The smallest absolute Gasteiger partial charge is 0.409 e. The van der Waals surface area contributed by atoms with E-state index in [-0.39, 0.29) is 37.6 Å². The van der Waals surface area contributed by atoms with Crippen LogP contribution in [0.25, 0.3) is 0 Å². The summed E-state index contributed by atoms with van der Waals surface area (Å²) in [6.07, 6.45) is 13.7. The third-order valence-corrected chi connectivity index (χ3v) is 12.4. The summed E-state index contributed by atoms with van der Waals surface area (Å²) in [6, 6.07) is 13.4. The van der Waals surface area contributed by atoms with Crippen LogP contribution in [0.4, 0.5) is 4.79 Å². The summed E-state index contributed by atoms with van der Waals surface area (Å²) < 4.78 is 32.1. The molecule has 2 aromatic rings. The maximum atomic E-state index is 13.8. The number of aliphatic hydroxyl groups is 2. The highest BCUT2D eigenvalue weighted by Crippen LogP contribution is 2.62. The van der Waals surface area contributed by atoms with Crippen molar-refractivity contribution in [1.82, 2.24) is 4.90 Å². The summed E-state index contributed by atoms with van der Waals surface area (Å²) in [4.78, 5) is 22.9. The molecule has 2 N–H and O–H groups in total. The van der Waals surface area contributed by atoms with Gasteiger partial charge in [-0.05, 0) is 111 Å². The highest BCUT2D eigenvalue weighted by atomic mass is 32.2. The summed E-state index contributed by atoms with van der Waals surface area (Å²) in [5.74, 6) is 0.372. The molecule has 11 nitrogen and oxygen atoms in total. The van der Waals surface area contributed by atoms with E-state index in [1.54, 1.807) is 22.7 Å². The topological polar surface area (TPSA) is 129 Å². The van der Waals surface area contributed by atoms with Crippen molar-refractivity contribution in [3.63, 3.8) is 0 Å². The molecule has 1 saturated heterocycles. The summed E-state index contributed by atoms with van der Waals surface area (Å²) in [6.45, 7) is 7.50. The zero-order valence-corrected chi connectivity index (χ0v) is 34.1. The van der Waals surface area contributed by atoms with E-state index in [1.165, 1.54) is 7.11 Å². The second-order valence-corrected chi connectivity index (χ2v) is 16.0. The lowest BCUT2D eigenvalue weighted by molar-refractivity contribution is -0.255. The van der Waals surface area contributed by atoms with Crippen molar-refractivity contribution in [2.24, 2.45) is 22.9 Å². The van der Waals surface area contributed by atoms with Crippen molar-refractivity contribution < 1.29 is 43.5 Å². The zero-order chi connectivity index (χ0) is 39.5. The third-order valence-electron chi connectivity index (χ3n) is 11.6. The van der Waals surface area contributed by atoms with Crippen molar-refractivity contribution in [1.29, 1.82) is 0 Å². The molecule has 1 saturated carbocycles. The molecule has 306 valence electrons. The highest BCUT2D eigenvalue weighted by Gasteiger charge is 2.65. The Bertz CT molecular complexity index is 1660. The molecule has 2 aliphatic carbocycles. The van der Waals surface area contributed by atoms with E-state index < -0.39 is 30.1 Å². The molecule has 4 aliphatic rings. The molecule has 2 aliphatic heterocycles. The van der Waals surface area contributed by atoms with E-state index in [2.05, 4.69) is 18.7 Å². The second-order valence-electron chi connectivity index (χ2n) is 15.1. The predicted molar refractivity (Wildman–Crippen MR) is 217 cm³/mol. The fraction of sp³-hybridized carbons (Fsp3) is 0.591. The lowest BCUT2D eigenvalue weighted by atomic mass is 9.55. The van der Waals surface area contributed by atoms with Gasteiger partial charge in [-0.25, -0.2) is 4.79 Å². The number of thioether (sulfide) groups is 1. The van der Waals surface area contributed by atoms with Crippen LogP contribution < -0.4 is 9.47 Å². The van der Waals surface area contributed by atoms with Gasteiger partial charge >= 0.3 is 6.09 Å². The number of oxime groups is 1. The van der Waals surface area contributed by atoms with Crippen LogP contribution >= 0.6 is 11.8 Å². The van der Waals surface area contributed by atoms with Gasteiger partial charge in [0.25, 0.3) is 0 Å². The standard InChI is InChI=1S/C44H60N2O9S/c1-5-22-46(43(49)50-3)39-29-37(45-55-40-15-9-12-26-51-40)35-27-30(13-7-10-23-47)34(14-8-11-24-48)41-36-28-32(53-31-16-19-33(56-4)20-17-31)18-21-38(36)54-44(39,42(35)41)52-25-6-2/h6,16-21,27-28,30,34,39-42,47-48H,2,5,7-15,22-26,29H2,1,3-4H3/t30-,34+,39-,40?,41+,42+,44+/m0/s1. The molecule has 0 aromatic heterocycles. The Hall–Kier alpha value is -3.55. The van der Waals surface area contributed by atoms with Crippen molar-refractivity contribution in [3.05, 3.63) is 72.3 Å². The van der Waals surface area contributed by atoms with Crippen molar-refractivity contribution in [3.8, 4) is 17.2 Å². The maximum Gasteiger partial charge on any atom is 0.409 e. The molecule has 1 amide bonds. The van der Waals surface area contributed by atoms with Gasteiger partial charge in [0, 0.05) is 49.0 Å². The van der Waals surface area contributed by atoms with E-state index in [4.69, 9.17) is 33.7 Å². The van der Waals surface area contributed by atoms with Crippen LogP contribution in [0.1, 0.15) is 89.0 Å². The van der Waals surface area contributed by atoms with Gasteiger partial charge in [0.05, 0.1) is 32.0 Å². The first-order valence-electron chi connectivity index (χ1n) is 20.4. The Morgan fingerprint density at radius 3 is 2.52 bits per heavy atom. The lowest BCUT2D eigenvalue weighted by Crippen LogP contribution is -2.70. The number of ether oxygens (including phenoxy) is 5. The normalized spacial score (nSPS) is 27.3. The summed E-state index contributed by atoms with van der Waals surface area (Å²) in [5, 5.41) is 24.7. The summed E-state index contributed by atoms with van der Waals surface area (Å²) in [5.41, 5.74) is 2.70. The number of nitrogens with zero attached hydrogens (tertiary/aromatic N) is 2. The number of hydrogen-bond donors (Lipinski definition) is 2. The van der Waals surface area contributed by atoms with Crippen LogP contribution in [0, 0.1) is 17.8 Å². The molecule has 7 atom stereocenters. The molecule has 12 heteroatoms. The van der Waals surface area contributed by atoms with Gasteiger partial charge in [0.15, 0.2) is 0 Å². The van der Waals surface area contributed by atoms with Gasteiger partial charge < -0.3 is 38.7 Å². The number of carbonyl (C=O) groups excluding carboxylic acids is 1. The Balaban J connectivity index is 1.56. The number of methoxy groups -OCH3 is 1. The van der Waals surface area contributed by atoms with Crippen LogP contribution in [0.5, 0.6) is 17.2 Å². The van der Waals surface area contributed by atoms with Gasteiger partial charge in [0.2, 0.25) is 12.1 Å². The van der Waals surface area contributed by atoms with Gasteiger partial charge in [-0.1, -0.05) is 37.1 Å². The predicted octanol–water partition coefficient (Wildman–Crippen LogP) is 8.84. The average molecular weight is 793 g/mol. The monoisotopic (exact) mass is 792 g/mol. The molecule has 0 radical (unpaired) electrons. The molecule has 6 rings (SSSR count).